The van der Waals surface area contributed by atoms with Gasteiger partial charge >= 0.3 is 0 Å². The summed E-state index contributed by atoms with van der Waals surface area (Å²) in [6.45, 7) is 0. The third-order valence-corrected chi connectivity index (χ3v) is 3.80. The van der Waals surface area contributed by atoms with Crippen LogP contribution in [0, 0.1) is 0 Å². The highest BCUT2D eigenvalue weighted by molar-refractivity contribution is 5.81. The Labute approximate surface area is 107 Å². The van der Waals surface area contributed by atoms with Gasteiger partial charge in [-0.25, -0.2) is 0 Å². The molecule has 1 saturated carbocycles. The van der Waals surface area contributed by atoms with Crippen molar-refractivity contribution in [2.45, 2.75) is 37.8 Å². The molecule has 0 spiro atoms. The second-order valence-electron chi connectivity index (χ2n) is 4.98. The van der Waals surface area contributed by atoms with Crippen LogP contribution in [0.1, 0.15) is 25.7 Å². The van der Waals surface area contributed by atoms with E-state index in [-0.39, 0.29) is 0 Å². The maximum atomic E-state index is 5.57. The standard InChI is InChI=1S/C14H19N3O/c1-18-14-5-3-2-4-13(14)16-11-6-7-12-10(8-11)9-15-17-12/h6-9,13-14,16H,2-5H2,1H3,(H,15,17). The summed E-state index contributed by atoms with van der Waals surface area (Å²) in [7, 11) is 1.81. The van der Waals surface area contributed by atoms with E-state index >= 15 is 0 Å². The Bertz CT molecular complexity index is 522. The van der Waals surface area contributed by atoms with Gasteiger partial charge in [-0.15, -0.1) is 0 Å². The van der Waals surface area contributed by atoms with E-state index in [4.69, 9.17) is 4.74 Å². The molecule has 1 aromatic carbocycles. The number of H-pyrrole nitrogens is 1. The molecule has 4 nitrogen and oxygen atoms in total. The fourth-order valence-corrected chi connectivity index (χ4v) is 2.79. The van der Waals surface area contributed by atoms with Crippen molar-refractivity contribution < 1.29 is 4.74 Å². The monoisotopic (exact) mass is 245 g/mol. The number of nitrogens with one attached hydrogen (secondary N) is 2. The Balaban J connectivity index is 1.77. The summed E-state index contributed by atoms with van der Waals surface area (Å²) in [5.74, 6) is 0. The molecule has 1 fully saturated rings. The van der Waals surface area contributed by atoms with Gasteiger partial charge in [0.2, 0.25) is 0 Å². The van der Waals surface area contributed by atoms with Gasteiger partial charge in [-0.05, 0) is 31.0 Å². The van der Waals surface area contributed by atoms with Crippen molar-refractivity contribution in [3.63, 3.8) is 0 Å². The van der Waals surface area contributed by atoms with Gasteiger partial charge in [-0.2, -0.15) is 5.10 Å². The van der Waals surface area contributed by atoms with Crippen molar-refractivity contribution in [3.8, 4) is 0 Å². The van der Waals surface area contributed by atoms with Gasteiger partial charge in [0.25, 0.3) is 0 Å². The van der Waals surface area contributed by atoms with Crippen molar-refractivity contribution in [2.24, 2.45) is 0 Å². The fraction of sp³-hybridized carbons (Fsp3) is 0.500. The van der Waals surface area contributed by atoms with Gasteiger partial charge in [0, 0.05) is 18.2 Å². The Morgan fingerprint density at radius 1 is 1.33 bits per heavy atom. The van der Waals surface area contributed by atoms with Crippen molar-refractivity contribution in [1.29, 1.82) is 0 Å². The summed E-state index contributed by atoms with van der Waals surface area (Å²) in [6, 6.07) is 6.73. The predicted octanol–water partition coefficient (Wildman–Crippen LogP) is 2.93. The van der Waals surface area contributed by atoms with Crippen LogP contribution in [-0.2, 0) is 4.74 Å². The van der Waals surface area contributed by atoms with Crippen LogP contribution in [0.25, 0.3) is 10.9 Å². The normalized spacial score (nSPS) is 24.3. The molecule has 0 amide bonds. The quantitative estimate of drug-likeness (QED) is 0.874. The van der Waals surface area contributed by atoms with E-state index in [1.54, 1.807) is 0 Å². The number of benzene rings is 1. The van der Waals surface area contributed by atoms with E-state index in [0.717, 1.165) is 23.0 Å². The molecule has 2 N–H and O–H groups in total. The molecular formula is C14H19N3O. The van der Waals surface area contributed by atoms with E-state index in [1.807, 2.05) is 13.3 Å². The Hall–Kier alpha value is -1.55. The van der Waals surface area contributed by atoms with E-state index < -0.39 is 0 Å². The van der Waals surface area contributed by atoms with Crippen LogP contribution in [0.4, 0.5) is 5.69 Å². The first-order chi connectivity index (χ1) is 8.86. The average Bonchev–Trinajstić information content (AvgIpc) is 2.87. The van der Waals surface area contributed by atoms with Crippen LogP contribution in [0.2, 0.25) is 0 Å². The van der Waals surface area contributed by atoms with Crippen molar-refractivity contribution >= 4 is 16.6 Å². The highest BCUT2D eigenvalue weighted by atomic mass is 16.5. The first kappa shape index (κ1) is 11.5. The lowest BCUT2D eigenvalue weighted by atomic mass is 9.92. The van der Waals surface area contributed by atoms with Crippen LogP contribution in [0.15, 0.2) is 24.4 Å². The number of anilines is 1. The number of methoxy groups -OCH3 is 1. The highest BCUT2D eigenvalue weighted by Gasteiger charge is 2.24. The molecule has 0 aliphatic heterocycles. The van der Waals surface area contributed by atoms with Crippen LogP contribution in [-0.4, -0.2) is 29.5 Å². The van der Waals surface area contributed by atoms with Gasteiger partial charge in [-0.1, -0.05) is 12.8 Å². The molecule has 0 saturated heterocycles. The third-order valence-electron chi connectivity index (χ3n) is 3.80. The first-order valence-electron chi connectivity index (χ1n) is 6.59. The fourth-order valence-electron chi connectivity index (χ4n) is 2.79. The van der Waals surface area contributed by atoms with Crippen molar-refractivity contribution in [1.82, 2.24) is 10.2 Å². The second kappa shape index (κ2) is 4.98. The topological polar surface area (TPSA) is 49.9 Å². The molecule has 1 aromatic heterocycles. The Kier molecular flexibility index (Phi) is 3.19. The summed E-state index contributed by atoms with van der Waals surface area (Å²) in [5.41, 5.74) is 2.23. The Morgan fingerprint density at radius 3 is 3.11 bits per heavy atom. The number of hydrogen-bond acceptors (Lipinski definition) is 3. The molecule has 96 valence electrons. The molecule has 2 atom stereocenters. The maximum Gasteiger partial charge on any atom is 0.0772 e. The second-order valence-corrected chi connectivity index (χ2v) is 4.98. The zero-order valence-corrected chi connectivity index (χ0v) is 10.6. The van der Waals surface area contributed by atoms with E-state index in [2.05, 4.69) is 33.7 Å². The summed E-state index contributed by atoms with van der Waals surface area (Å²) >= 11 is 0. The molecule has 18 heavy (non-hydrogen) atoms. The average molecular weight is 245 g/mol. The van der Waals surface area contributed by atoms with E-state index in [9.17, 15) is 0 Å². The lowest BCUT2D eigenvalue weighted by molar-refractivity contribution is 0.0606. The zero-order chi connectivity index (χ0) is 12.4. The molecule has 1 aliphatic carbocycles. The number of ether oxygens (including phenoxy) is 1. The molecule has 3 rings (SSSR count). The molecular weight excluding hydrogens is 226 g/mol. The third kappa shape index (κ3) is 2.20. The molecule has 4 heteroatoms. The van der Waals surface area contributed by atoms with Crippen LogP contribution < -0.4 is 5.32 Å². The van der Waals surface area contributed by atoms with Crippen molar-refractivity contribution in [3.05, 3.63) is 24.4 Å². The number of nitrogens with zero attached hydrogens (tertiary/aromatic N) is 1. The molecule has 2 aromatic rings. The summed E-state index contributed by atoms with van der Waals surface area (Å²) < 4.78 is 5.57. The molecule has 1 aliphatic rings. The number of fused-ring (bicyclic) bond motifs is 1. The van der Waals surface area contributed by atoms with Gasteiger partial charge in [0.1, 0.15) is 0 Å². The molecule has 1 heterocycles. The van der Waals surface area contributed by atoms with Gasteiger partial charge in [0.15, 0.2) is 0 Å². The maximum absolute atomic E-state index is 5.57. The molecule has 0 bridgehead atoms. The lowest BCUT2D eigenvalue weighted by Gasteiger charge is -2.31. The lowest BCUT2D eigenvalue weighted by Crippen LogP contribution is -2.37. The van der Waals surface area contributed by atoms with Gasteiger partial charge in [0.05, 0.1) is 23.9 Å². The molecule has 2 unspecified atom stereocenters. The minimum Gasteiger partial charge on any atom is -0.380 e. The minimum atomic E-state index is 0.332. The smallest absolute Gasteiger partial charge is 0.0772 e. The first-order valence-corrected chi connectivity index (χ1v) is 6.59. The van der Waals surface area contributed by atoms with Gasteiger partial charge in [-0.3, -0.25) is 5.10 Å². The summed E-state index contributed by atoms with van der Waals surface area (Å²) in [5, 5.41) is 11.8. The number of aromatic amines is 1. The predicted molar refractivity (Wildman–Crippen MR) is 72.8 cm³/mol. The van der Waals surface area contributed by atoms with E-state index in [1.165, 1.54) is 19.3 Å². The van der Waals surface area contributed by atoms with Crippen LogP contribution in [0.3, 0.4) is 0 Å². The van der Waals surface area contributed by atoms with Crippen molar-refractivity contribution in [2.75, 3.05) is 12.4 Å². The Morgan fingerprint density at radius 2 is 2.22 bits per heavy atom. The largest absolute Gasteiger partial charge is 0.380 e. The summed E-state index contributed by atoms with van der Waals surface area (Å²) in [4.78, 5) is 0. The van der Waals surface area contributed by atoms with Crippen LogP contribution in [0.5, 0.6) is 0 Å². The van der Waals surface area contributed by atoms with E-state index in [0.29, 0.717) is 12.1 Å². The number of rotatable bonds is 3. The number of hydrogen-bond donors (Lipinski definition) is 2. The number of aromatic nitrogens is 2. The van der Waals surface area contributed by atoms with Crippen LogP contribution >= 0.6 is 0 Å². The SMILES string of the molecule is COC1CCCCC1Nc1ccc2[nH]ncc2c1. The van der Waals surface area contributed by atoms with Gasteiger partial charge < -0.3 is 10.1 Å². The highest BCUT2D eigenvalue weighted by Crippen LogP contribution is 2.25. The zero-order valence-electron chi connectivity index (χ0n) is 10.6. The summed E-state index contributed by atoms with van der Waals surface area (Å²) in [6.07, 6.45) is 7.08. The molecule has 0 radical (unpaired) electrons. The minimum absolute atomic E-state index is 0.332.